The molecule has 1 unspecified atom stereocenters. The topological polar surface area (TPSA) is 27.1 Å². The van der Waals surface area contributed by atoms with Crippen LogP contribution in [0.15, 0.2) is 72.8 Å². The lowest BCUT2D eigenvalue weighted by Gasteiger charge is -2.17. The van der Waals surface area contributed by atoms with Crippen molar-refractivity contribution in [2.24, 2.45) is 0 Å². The Balaban J connectivity index is 1.74. The highest BCUT2D eigenvalue weighted by Crippen LogP contribution is 2.27. The van der Waals surface area contributed by atoms with Gasteiger partial charge in [-0.15, -0.1) is 0 Å². The molecule has 3 nitrogen and oxygen atoms in total. The fourth-order valence-corrected chi connectivity index (χ4v) is 3.51. The fraction of sp³-hybridized carbons (Fsp3) is 0.174. The second-order valence-corrected chi connectivity index (χ2v) is 7.12. The number of hydrogen-bond donors (Lipinski definition) is 0. The molecule has 4 rings (SSSR count). The van der Waals surface area contributed by atoms with E-state index in [-0.39, 0.29) is 6.10 Å². The molecule has 0 saturated carbocycles. The van der Waals surface area contributed by atoms with Gasteiger partial charge in [0.1, 0.15) is 5.75 Å². The van der Waals surface area contributed by atoms with Gasteiger partial charge >= 0.3 is 0 Å². The highest BCUT2D eigenvalue weighted by molar-refractivity contribution is 6.31. The lowest BCUT2D eigenvalue weighted by Crippen LogP contribution is -2.13. The molecule has 0 aliphatic heterocycles. The van der Waals surface area contributed by atoms with E-state index >= 15 is 0 Å². The molecule has 0 fully saturated rings. The predicted octanol–water partition coefficient (Wildman–Crippen LogP) is 6.19. The molecular formula is C23H21ClN2O. The Morgan fingerprint density at radius 3 is 2.59 bits per heavy atom. The molecule has 3 aromatic carbocycles. The first-order valence-electron chi connectivity index (χ1n) is 9.04. The van der Waals surface area contributed by atoms with E-state index in [2.05, 4.69) is 23.6 Å². The Kier molecular flexibility index (Phi) is 4.87. The predicted molar refractivity (Wildman–Crippen MR) is 111 cm³/mol. The number of aryl methyl sites for hydroxylation is 1. The standard InChI is InChI=1S/C23H21ClN2O/c1-16-8-7-10-19(14-16)27-17(2)23-25-21-12-5-6-13-22(21)26(23)15-18-9-3-4-11-20(18)24/h3-14,17H,15H2,1-2H3. The number of rotatable bonds is 5. The first kappa shape index (κ1) is 17.6. The van der Waals surface area contributed by atoms with E-state index in [4.69, 9.17) is 21.3 Å². The number of nitrogens with zero attached hydrogens (tertiary/aromatic N) is 2. The Bertz CT molecular complexity index is 1090. The first-order chi connectivity index (χ1) is 13.1. The summed E-state index contributed by atoms with van der Waals surface area (Å²) in [5, 5.41) is 0.758. The Morgan fingerprint density at radius 1 is 1.00 bits per heavy atom. The van der Waals surface area contributed by atoms with Crippen LogP contribution in [-0.4, -0.2) is 9.55 Å². The molecule has 0 bridgehead atoms. The third kappa shape index (κ3) is 3.69. The van der Waals surface area contributed by atoms with Crippen LogP contribution in [-0.2, 0) is 6.54 Å². The van der Waals surface area contributed by atoms with Gasteiger partial charge in [-0.05, 0) is 55.3 Å². The average molecular weight is 377 g/mol. The minimum atomic E-state index is -0.193. The zero-order chi connectivity index (χ0) is 18.8. The van der Waals surface area contributed by atoms with Crippen molar-refractivity contribution in [1.29, 1.82) is 0 Å². The number of hydrogen-bond acceptors (Lipinski definition) is 2. The van der Waals surface area contributed by atoms with Gasteiger partial charge in [0, 0.05) is 5.02 Å². The summed E-state index contributed by atoms with van der Waals surface area (Å²) in [4.78, 5) is 4.85. The van der Waals surface area contributed by atoms with Crippen LogP contribution in [0.1, 0.15) is 30.0 Å². The molecule has 4 aromatic rings. The van der Waals surface area contributed by atoms with Crippen molar-refractivity contribution < 1.29 is 4.74 Å². The SMILES string of the molecule is Cc1cccc(OC(C)c2nc3ccccc3n2Cc2ccccc2Cl)c1. The lowest BCUT2D eigenvalue weighted by molar-refractivity contribution is 0.212. The van der Waals surface area contributed by atoms with Crippen molar-refractivity contribution in [2.75, 3.05) is 0 Å². The smallest absolute Gasteiger partial charge is 0.153 e. The summed E-state index contributed by atoms with van der Waals surface area (Å²) in [6.07, 6.45) is -0.193. The van der Waals surface area contributed by atoms with Gasteiger partial charge in [0.15, 0.2) is 11.9 Å². The summed E-state index contributed by atoms with van der Waals surface area (Å²) >= 11 is 6.41. The lowest BCUT2D eigenvalue weighted by atomic mass is 10.2. The first-order valence-corrected chi connectivity index (χ1v) is 9.41. The number of ether oxygens (including phenoxy) is 1. The molecule has 0 spiro atoms. The van der Waals surface area contributed by atoms with Gasteiger partial charge in [0.05, 0.1) is 17.6 Å². The second kappa shape index (κ2) is 7.45. The van der Waals surface area contributed by atoms with E-state index in [1.807, 2.05) is 67.6 Å². The Labute approximate surface area is 164 Å². The monoisotopic (exact) mass is 376 g/mol. The molecule has 4 heteroatoms. The molecule has 0 amide bonds. The van der Waals surface area contributed by atoms with Gasteiger partial charge in [0.2, 0.25) is 0 Å². The summed E-state index contributed by atoms with van der Waals surface area (Å²) < 4.78 is 8.39. The molecular weight excluding hydrogens is 356 g/mol. The molecule has 0 radical (unpaired) electrons. The summed E-state index contributed by atoms with van der Waals surface area (Å²) in [6.45, 7) is 4.74. The molecule has 27 heavy (non-hydrogen) atoms. The molecule has 0 aliphatic rings. The van der Waals surface area contributed by atoms with Crippen LogP contribution in [0.5, 0.6) is 5.75 Å². The molecule has 0 N–H and O–H groups in total. The van der Waals surface area contributed by atoms with E-state index in [0.717, 1.165) is 33.2 Å². The third-order valence-electron chi connectivity index (χ3n) is 4.64. The number of aromatic nitrogens is 2. The van der Waals surface area contributed by atoms with Gasteiger partial charge in [-0.1, -0.05) is 54.1 Å². The van der Waals surface area contributed by atoms with Crippen molar-refractivity contribution in [3.63, 3.8) is 0 Å². The Hall–Kier alpha value is -2.78. The van der Waals surface area contributed by atoms with E-state index in [0.29, 0.717) is 6.54 Å². The molecule has 0 saturated heterocycles. The summed E-state index contributed by atoms with van der Waals surface area (Å²) in [7, 11) is 0. The summed E-state index contributed by atoms with van der Waals surface area (Å²) in [6, 6.07) is 24.2. The van der Waals surface area contributed by atoms with E-state index in [9.17, 15) is 0 Å². The maximum absolute atomic E-state index is 6.41. The number of para-hydroxylation sites is 2. The fourth-order valence-electron chi connectivity index (χ4n) is 3.31. The van der Waals surface area contributed by atoms with Gasteiger partial charge in [-0.3, -0.25) is 0 Å². The maximum Gasteiger partial charge on any atom is 0.153 e. The Morgan fingerprint density at radius 2 is 1.78 bits per heavy atom. The normalized spacial score (nSPS) is 12.3. The van der Waals surface area contributed by atoms with Crippen molar-refractivity contribution in [3.8, 4) is 5.75 Å². The summed E-state index contributed by atoms with van der Waals surface area (Å²) in [5.41, 5.74) is 4.27. The molecule has 1 atom stereocenters. The number of benzene rings is 3. The highest BCUT2D eigenvalue weighted by atomic mass is 35.5. The van der Waals surface area contributed by atoms with Gasteiger partial charge < -0.3 is 9.30 Å². The molecule has 1 aromatic heterocycles. The van der Waals surface area contributed by atoms with Gasteiger partial charge in [-0.2, -0.15) is 0 Å². The van der Waals surface area contributed by atoms with Crippen LogP contribution < -0.4 is 4.74 Å². The molecule has 136 valence electrons. The van der Waals surface area contributed by atoms with Gasteiger partial charge in [0.25, 0.3) is 0 Å². The average Bonchev–Trinajstić information content (AvgIpc) is 3.02. The summed E-state index contributed by atoms with van der Waals surface area (Å²) in [5.74, 6) is 1.73. The van der Waals surface area contributed by atoms with E-state index in [1.165, 1.54) is 5.56 Å². The van der Waals surface area contributed by atoms with Crippen molar-refractivity contribution in [1.82, 2.24) is 9.55 Å². The van der Waals surface area contributed by atoms with Crippen LogP contribution >= 0.6 is 11.6 Å². The largest absolute Gasteiger partial charge is 0.483 e. The van der Waals surface area contributed by atoms with Crippen LogP contribution in [0.3, 0.4) is 0 Å². The highest BCUT2D eigenvalue weighted by Gasteiger charge is 2.19. The zero-order valence-electron chi connectivity index (χ0n) is 15.4. The number of halogens is 1. The van der Waals surface area contributed by atoms with Crippen molar-refractivity contribution in [2.45, 2.75) is 26.5 Å². The minimum absolute atomic E-state index is 0.193. The number of fused-ring (bicyclic) bond motifs is 1. The zero-order valence-corrected chi connectivity index (χ0v) is 16.1. The van der Waals surface area contributed by atoms with Gasteiger partial charge in [-0.25, -0.2) is 4.98 Å². The van der Waals surface area contributed by atoms with Crippen LogP contribution in [0.25, 0.3) is 11.0 Å². The van der Waals surface area contributed by atoms with E-state index in [1.54, 1.807) is 0 Å². The van der Waals surface area contributed by atoms with Crippen LogP contribution in [0, 0.1) is 6.92 Å². The van der Waals surface area contributed by atoms with Crippen molar-refractivity contribution in [3.05, 3.63) is 94.8 Å². The second-order valence-electron chi connectivity index (χ2n) is 6.71. The quantitative estimate of drug-likeness (QED) is 0.415. The van der Waals surface area contributed by atoms with Crippen molar-refractivity contribution >= 4 is 22.6 Å². The molecule has 1 heterocycles. The maximum atomic E-state index is 6.41. The number of imidazole rings is 1. The minimum Gasteiger partial charge on any atom is -0.483 e. The third-order valence-corrected chi connectivity index (χ3v) is 5.01. The molecule has 0 aliphatic carbocycles. The van der Waals surface area contributed by atoms with Crippen LogP contribution in [0.4, 0.5) is 0 Å². The van der Waals surface area contributed by atoms with Crippen LogP contribution in [0.2, 0.25) is 5.02 Å². The van der Waals surface area contributed by atoms with E-state index < -0.39 is 0 Å².